The molecule has 0 saturated heterocycles. The Kier molecular flexibility index (Phi) is 4.60. The fourth-order valence-electron chi connectivity index (χ4n) is 1.93. The lowest BCUT2D eigenvalue weighted by Crippen LogP contribution is -2.24. The first kappa shape index (κ1) is 14.5. The summed E-state index contributed by atoms with van der Waals surface area (Å²) in [5.74, 6) is 0. The van der Waals surface area contributed by atoms with Gasteiger partial charge in [0, 0.05) is 27.6 Å². The summed E-state index contributed by atoms with van der Waals surface area (Å²) in [6.07, 6.45) is 0. The van der Waals surface area contributed by atoms with Gasteiger partial charge in [-0.3, -0.25) is 0 Å². The number of hydrogen-bond donors (Lipinski definition) is 1. The average Bonchev–Trinajstić information content (AvgIpc) is 2.90. The van der Waals surface area contributed by atoms with Crippen molar-refractivity contribution in [1.29, 1.82) is 0 Å². The van der Waals surface area contributed by atoms with Crippen molar-refractivity contribution in [2.45, 2.75) is 13.0 Å². The Balaban J connectivity index is 2.40. The zero-order valence-corrected chi connectivity index (χ0v) is 14.0. The van der Waals surface area contributed by atoms with E-state index in [0.29, 0.717) is 4.99 Å². The number of thiophene rings is 1. The number of nitrogens with two attached hydrogens (primary N) is 1. The molecule has 2 nitrogen and oxygen atoms in total. The average molecular weight is 355 g/mol. The standard InChI is InChI=1S/C14H15BrN2S2/c1-9(13-4-3-7-19-13)17(2)12-8-10(15)5-6-11(12)14(16)18/h3-9H,1-2H3,(H2,16,18). The third kappa shape index (κ3) is 3.16. The summed E-state index contributed by atoms with van der Waals surface area (Å²) < 4.78 is 1.02. The first-order chi connectivity index (χ1) is 9.00. The molecule has 2 rings (SSSR count). The maximum absolute atomic E-state index is 5.81. The minimum atomic E-state index is 0.280. The van der Waals surface area contributed by atoms with Gasteiger partial charge in [0.15, 0.2) is 0 Å². The van der Waals surface area contributed by atoms with Crippen LogP contribution in [0.2, 0.25) is 0 Å². The summed E-state index contributed by atoms with van der Waals surface area (Å²) in [7, 11) is 2.06. The summed E-state index contributed by atoms with van der Waals surface area (Å²) in [5, 5.41) is 2.09. The molecule has 1 aromatic heterocycles. The van der Waals surface area contributed by atoms with E-state index in [1.807, 2.05) is 12.1 Å². The van der Waals surface area contributed by atoms with Gasteiger partial charge < -0.3 is 10.6 Å². The number of rotatable bonds is 4. The molecule has 0 fully saturated rings. The topological polar surface area (TPSA) is 29.3 Å². The lowest BCUT2D eigenvalue weighted by molar-refractivity contribution is 0.753. The van der Waals surface area contributed by atoms with Crippen LogP contribution < -0.4 is 10.6 Å². The van der Waals surface area contributed by atoms with Crippen molar-refractivity contribution < 1.29 is 0 Å². The summed E-state index contributed by atoms with van der Waals surface area (Å²) in [6.45, 7) is 2.18. The monoisotopic (exact) mass is 354 g/mol. The number of hydrogen-bond acceptors (Lipinski definition) is 3. The normalized spacial score (nSPS) is 12.2. The van der Waals surface area contributed by atoms with Gasteiger partial charge in [-0.15, -0.1) is 11.3 Å². The van der Waals surface area contributed by atoms with Crippen LogP contribution in [0.1, 0.15) is 23.4 Å². The number of anilines is 1. The van der Waals surface area contributed by atoms with Gasteiger partial charge in [-0.1, -0.05) is 34.2 Å². The van der Waals surface area contributed by atoms with Crippen LogP contribution in [0.4, 0.5) is 5.69 Å². The van der Waals surface area contributed by atoms with Crippen LogP contribution in [-0.4, -0.2) is 12.0 Å². The number of halogens is 1. The predicted molar refractivity (Wildman–Crippen MR) is 91.2 cm³/mol. The quantitative estimate of drug-likeness (QED) is 0.827. The van der Waals surface area contributed by atoms with Crippen molar-refractivity contribution in [2.24, 2.45) is 5.73 Å². The van der Waals surface area contributed by atoms with Crippen LogP contribution in [0.15, 0.2) is 40.2 Å². The molecule has 0 spiro atoms. The number of benzene rings is 1. The zero-order chi connectivity index (χ0) is 14.0. The third-order valence-corrected chi connectivity index (χ3v) is 4.90. The van der Waals surface area contributed by atoms with Crippen LogP contribution in [-0.2, 0) is 0 Å². The van der Waals surface area contributed by atoms with E-state index in [4.69, 9.17) is 18.0 Å². The maximum Gasteiger partial charge on any atom is 0.106 e. The molecule has 0 aliphatic rings. The molecule has 0 aliphatic carbocycles. The smallest absolute Gasteiger partial charge is 0.106 e. The van der Waals surface area contributed by atoms with E-state index in [-0.39, 0.29) is 6.04 Å². The van der Waals surface area contributed by atoms with Crippen LogP contribution in [0, 0.1) is 0 Å². The molecule has 19 heavy (non-hydrogen) atoms. The maximum atomic E-state index is 5.81. The highest BCUT2D eigenvalue weighted by Gasteiger charge is 2.17. The Bertz CT molecular complexity index is 581. The van der Waals surface area contributed by atoms with Gasteiger partial charge in [0.25, 0.3) is 0 Å². The van der Waals surface area contributed by atoms with Gasteiger partial charge in [0.2, 0.25) is 0 Å². The largest absolute Gasteiger partial charge is 0.389 e. The summed E-state index contributed by atoms with van der Waals surface area (Å²) in [4.78, 5) is 3.94. The fourth-order valence-corrected chi connectivity index (χ4v) is 3.28. The van der Waals surface area contributed by atoms with Crippen LogP contribution in [0.25, 0.3) is 0 Å². The molecule has 1 unspecified atom stereocenters. The van der Waals surface area contributed by atoms with Gasteiger partial charge in [0.1, 0.15) is 4.99 Å². The SMILES string of the molecule is CC(c1cccs1)N(C)c1cc(Br)ccc1C(N)=S. The van der Waals surface area contributed by atoms with Gasteiger partial charge in [0.05, 0.1) is 6.04 Å². The first-order valence-corrected chi connectivity index (χ1v) is 7.94. The Morgan fingerprint density at radius 2 is 2.16 bits per heavy atom. The van der Waals surface area contributed by atoms with Crippen LogP contribution in [0.3, 0.4) is 0 Å². The van der Waals surface area contributed by atoms with E-state index >= 15 is 0 Å². The molecular formula is C14H15BrN2S2. The molecule has 100 valence electrons. The van der Waals surface area contributed by atoms with Crippen molar-refractivity contribution >= 4 is 50.2 Å². The van der Waals surface area contributed by atoms with Crippen LogP contribution in [0.5, 0.6) is 0 Å². The molecule has 1 atom stereocenters. The second kappa shape index (κ2) is 6.03. The lowest BCUT2D eigenvalue weighted by atomic mass is 10.1. The molecular weight excluding hydrogens is 340 g/mol. The molecule has 0 aliphatic heterocycles. The molecule has 0 saturated carbocycles. The summed E-state index contributed by atoms with van der Waals surface area (Å²) in [6, 6.07) is 10.5. The Morgan fingerprint density at radius 3 is 2.74 bits per heavy atom. The van der Waals surface area contributed by atoms with Crippen molar-refractivity contribution in [3.63, 3.8) is 0 Å². The van der Waals surface area contributed by atoms with E-state index in [1.165, 1.54) is 4.88 Å². The predicted octanol–water partition coefficient (Wildman–Crippen LogP) is 4.34. The fraction of sp³-hybridized carbons (Fsp3) is 0.214. The second-order valence-electron chi connectivity index (χ2n) is 4.33. The highest BCUT2D eigenvalue weighted by atomic mass is 79.9. The molecule has 2 aromatic rings. The lowest BCUT2D eigenvalue weighted by Gasteiger charge is -2.28. The third-order valence-electron chi connectivity index (χ3n) is 3.14. The Labute approximate surface area is 131 Å². The molecule has 0 radical (unpaired) electrons. The van der Waals surface area contributed by atoms with E-state index in [1.54, 1.807) is 11.3 Å². The Hall–Kier alpha value is -0.910. The molecule has 0 amide bonds. The van der Waals surface area contributed by atoms with E-state index in [9.17, 15) is 0 Å². The van der Waals surface area contributed by atoms with E-state index in [0.717, 1.165) is 15.7 Å². The summed E-state index contributed by atoms with van der Waals surface area (Å²) >= 11 is 10.4. The van der Waals surface area contributed by atoms with Gasteiger partial charge in [-0.05, 0) is 36.6 Å². The molecule has 2 N–H and O–H groups in total. The number of nitrogens with zero attached hydrogens (tertiary/aromatic N) is 1. The highest BCUT2D eigenvalue weighted by Crippen LogP contribution is 2.32. The number of thiocarbonyl (C=S) groups is 1. The Morgan fingerprint density at radius 1 is 1.42 bits per heavy atom. The van der Waals surface area contributed by atoms with Crippen molar-refractivity contribution in [3.05, 3.63) is 50.6 Å². The zero-order valence-electron chi connectivity index (χ0n) is 10.8. The van der Waals surface area contributed by atoms with E-state index in [2.05, 4.69) is 58.4 Å². The van der Waals surface area contributed by atoms with Gasteiger partial charge in [-0.2, -0.15) is 0 Å². The molecule has 1 heterocycles. The molecule has 1 aromatic carbocycles. The summed E-state index contributed by atoms with van der Waals surface area (Å²) in [5.41, 5.74) is 7.76. The first-order valence-electron chi connectivity index (χ1n) is 5.86. The second-order valence-corrected chi connectivity index (χ2v) is 6.66. The van der Waals surface area contributed by atoms with E-state index < -0.39 is 0 Å². The minimum Gasteiger partial charge on any atom is -0.389 e. The van der Waals surface area contributed by atoms with Gasteiger partial charge >= 0.3 is 0 Å². The molecule has 0 bridgehead atoms. The molecule has 5 heteroatoms. The minimum absolute atomic E-state index is 0.280. The van der Waals surface area contributed by atoms with Crippen LogP contribution >= 0.6 is 39.5 Å². The highest BCUT2D eigenvalue weighted by molar-refractivity contribution is 9.10. The van der Waals surface area contributed by atoms with Crippen molar-refractivity contribution in [1.82, 2.24) is 0 Å². The van der Waals surface area contributed by atoms with Crippen molar-refractivity contribution in [2.75, 3.05) is 11.9 Å². The van der Waals surface area contributed by atoms with Gasteiger partial charge in [-0.25, -0.2) is 0 Å². The van der Waals surface area contributed by atoms with Crippen molar-refractivity contribution in [3.8, 4) is 0 Å².